The Morgan fingerprint density at radius 2 is 2.05 bits per heavy atom. The van der Waals surface area contributed by atoms with Crippen molar-refractivity contribution in [1.29, 1.82) is 0 Å². The summed E-state index contributed by atoms with van der Waals surface area (Å²) in [6, 6.07) is 5.62. The zero-order valence-electron chi connectivity index (χ0n) is 12.1. The van der Waals surface area contributed by atoms with Gasteiger partial charge in [-0.1, -0.05) is 12.1 Å². The summed E-state index contributed by atoms with van der Waals surface area (Å²) in [5.74, 6) is -0.238. The van der Waals surface area contributed by atoms with E-state index in [1.54, 1.807) is 7.05 Å². The van der Waals surface area contributed by atoms with Crippen molar-refractivity contribution in [3.8, 4) is 0 Å². The Balaban J connectivity index is 2.06. The third-order valence-electron chi connectivity index (χ3n) is 3.91. The van der Waals surface area contributed by atoms with E-state index in [0.29, 0.717) is 6.42 Å². The Kier molecular flexibility index (Phi) is 4.90. The fourth-order valence-corrected chi connectivity index (χ4v) is 2.70. The van der Waals surface area contributed by atoms with Crippen LogP contribution in [0.3, 0.4) is 0 Å². The van der Waals surface area contributed by atoms with Crippen molar-refractivity contribution in [2.45, 2.75) is 38.1 Å². The second-order valence-electron chi connectivity index (χ2n) is 5.16. The van der Waals surface area contributed by atoms with Gasteiger partial charge >= 0.3 is 5.97 Å². The summed E-state index contributed by atoms with van der Waals surface area (Å²) >= 11 is 0. The lowest BCUT2D eigenvalue weighted by molar-refractivity contribution is -0.140. The number of benzene rings is 1. The molecule has 1 N–H and O–H groups in total. The van der Waals surface area contributed by atoms with Crippen LogP contribution in [0, 0.1) is 0 Å². The number of methoxy groups -OCH3 is 1. The van der Waals surface area contributed by atoms with Gasteiger partial charge in [0, 0.05) is 12.0 Å². The SMILES string of the molecule is CNC(CCC(=O)OC)C(=O)c1ccc2c(c1)CCC2. The Bertz CT molecular complexity index is 510. The number of Topliss-reactive ketones (excluding diaryl/α,β-unsaturated/α-hetero) is 1. The van der Waals surface area contributed by atoms with E-state index < -0.39 is 0 Å². The fraction of sp³-hybridized carbons (Fsp3) is 0.500. The molecule has 1 aliphatic rings. The number of carbonyl (C=O) groups is 2. The second kappa shape index (κ2) is 6.66. The van der Waals surface area contributed by atoms with Crippen molar-refractivity contribution < 1.29 is 14.3 Å². The van der Waals surface area contributed by atoms with Crippen LogP contribution in [-0.2, 0) is 22.4 Å². The average molecular weight is 275 g/mol. The van der Waals surface area contributed by atoms with Crippen LogP contribution in [0.4, 0.5) is 0 Å². The number of likely N-dealkylation sites (N-methyl/N-ethyl adjacent to an activating group) is 1. The maximum absolute atomic E-state index is 12.5. The van der Waals surface area contributed by atoms with Gasteiger partial charge in [0.15, 0.2) is 5.78 Å². The molecule has 0 saturated carbocycles. The van der Waals surface area contributed by atoms with Crippen molar-refractivity contribution in [2.24, 2.45) is 0 Å². The Morgan fingerprint density at radius 3 is 2.75 bits per heavy atom. The van der Waals surface area contributed by atoms with E-state index >= 15 is 0 Å². The van der Waals surface area contributed by atoms with Gasteiger partial charge in [-0.25, -0.2) is 0 Å². The highest BCUT2D eigenvalue weighted by Gasteiger charge is 2.21. The van der Waals surface area contributed by atoms with Crippen LogP contribution in [-0.4, -0.2) is 32.0 Å². The maximum Gasteiger partial charge on any atom is 0.305 e. The minimum atomic E-state index is -0.339. The highest BCUT2D eigenvalue weighted by molar-refractivity contribution is 6.00. The molecule has 4 nitrogen and oxygen atoms in total. The zero-order valence-corrected chi connectivity index (χ0v) is 12.1. The highest BCUT2D eigenvalue weighted by Crippen LogP contribution is 2.23. The molecule has 0 aliphatic heterocycles. The summed E-state index contributed by atoms with van der Waals surface area (Å²) in [7, 11) is 3.10. The minimum Gasteiger partial charge on any atom is -0.469 e. The molecule has 0 amide bonds. The van der Waals surface area contributed by atoms with E-state index in [1.165, 1.54) is 24.7 Å². The molecule has 1 unspecified atom stereocenters. The van der Waals surface area contributed by atoms with Crippen LogP contribution in [0.5, 0.6) is 0 Å². The van der Waals surface area contributed by atoms with Crippen molar-refractivity contribution in [1.82, 2.24) is 5.32 Å². The van der Waals surface area contributed by atoms with Crippen molar-refractivity contribution in [3.05, 3.63) is 34.9 Å². The molecule has 0 saturated heterocycles. The maximum atomic E-state index is 12.5. The van der Waals surface area contributed by atoms with Crippen molar-refractivity contribution in [3.63, 3.8) is 0 Å². The first-order valence-electron chi connectivity index (χ1n) is 7.05. The first kappa shape index (κ1) is 14.7. The largest absolute Gasteiger partial charge is 0.469 e. The van der Waals surface area contributed by atoms with Gasteiger partial charge in [-0.05, 0) is 49.9 Å². The fourth-order valence-electron chi connectivity index (χ4n) is 2.70. The summed E-state index contributed by atoms with van der Waals surface area (Å²) in [4.78, 5) is 23.6. The number of esters is 1. The third-order valence-corrected chi connectivity index (χ3v) is 3.91. The predicted octanol–water partition coefficient (Wildman–Crippen LogP) is 1.90. The molecule has 0 heterocycles. The molecule has 0 fully saturated rings. The van der Waals surface area contributed by atoms with E-state index in [0.717, 1.165) is 18.4 Å². The number of hydrogen-bond acceptors (Lipinski definition) is 4. The number of carbonyl (C=O) groups excluding carboxylic acids is 2. The normalized spacial score (nSPS) is 14.7. The number of nitrogens with one attached hydrogen (secondary N) is 1. The number of rotatable bonds is 6. The monoisotopic (exact) mass is 275 g/mol. The standard InChI is InChI=1S/C16H21NO3/c1-17-14(8-9-15(18)20-2)16(19)13-7-6-11-4-3-5-12(11)10-13/h6-7,10,14,17H,3-5,8-9H2,1-2H3. The van der Waals surface area contributed by atoms with Gasteiger partial charge in [0.2, 0.25) is 0 Å². The van der Waals surface area contributed by atoms with E-state index in [-0.39, 0.29) is 24.2 Å². The Hall–Kier alpha value is -1.68. The van der Waals surface area contributed by atoms with E-state index in [4.69, 9.17) is 0 Å². The smallest absolute Gasteiger partial charge is 0.305 e. The first-order chi connectivity index (χ1) is 9.65. The summed E-state index contributed by atoms with van der Waals surface area (Å²) in [6.07, 6.45) is 4.05. The van der Waals surface area contributed by atoms with E-state index in [2.05, 4.69) is 16.1 Å². The Morgan fingerprint density at radius 1 is 1.30 bits per heavy atom. The molecule has 0 radical (unpaired) electrons. The van der Waals surface area contributed by atoms with Gasteiger partial charge in [0.1, 0.15) is 0 Å². The number of ketones is 1. The first-order valence-corrected chi connectivity index (χ1v) is 7.05. The van der Waals surface area contributed by atoms with Crippen LogP contribution >= 0.6 is 0 Å². The lowest BCUT2D eigenvalue weighted by Crippen LogP contribution is -2.34. The second-order valence-corrected chi connectivity index (χ2v) is 5.16. The minimum absolute atomic E-state index is 0.0473. The molecular formula is C16H21NO3. The van der Waals surface area contributed by atoms with E-state index in [9.17, 15) is 9.59 Å². The van der Waals surface area contributed by atoms with Gasteiger partial charge in [-0.15, -0.1) is 0 Å². The van der Waals surface area contributed by atoms with Crippen LogP contribution in [0.2, 0.25) is 0 Å². The van der Waals surface area contributed by atoms with Crippen molar-refractivity contribution in [2.75, 3.05) is 14.2 Å². The molecule has 1 aliphatic carbocycles. The third kappa shape index (κ3) is 3.25. The van der Waals surface area contributed by atoms with E-state index in [1.807, 2.05) is 12.1 Å². The van der Waals surface area contributed by atoms with Crippen LogP contribution < -0.4 is 5.32 Å². The van der Waals surface area contributed by atoms with Crippen LogP contribution in [0.25, 0.3) is 0 Å². The summed E-state index contributed by atoms with van der Waals surface area (Å²) < 4.78 is 4.61. The lowest BCUT2D eigenvalue weighted by Gasteiger charge is -2.15. The topological polar surface area (TPSA) is 55.4 Å². The number of ether oxygens (including phenoxy) is 1. The number of aryl methyl sites for hydroxylation is 2. The quantitative estimate of drug-likeness (QED) is 0.636. The van der Waals surface area contributed by atoms with Gasteiger partial charge in [0.25, 0.3) is 0 Å². The molecular weight excluding hydrogens is 254 g/mol. The Labute approximate surface area is 119 Å². The molecule has 2 rings (SSSR count). The lowest BCUT2D eigenvalue weighted by atomic mass is 9.97. The van der Waals surface area contributed by atoms with Crippen LogP contribution in [0.1, 0.15) is 40.7 Å². The molecule has 1 aromatic rings. The number of hydrogen-bond donors (Lipinski definition) is 1. The molecule has 0 spiro atoms. The molecule has 20 heavy (non-hydrogen) atoms. The molecule has 1 aromatic carbocycles. The summed E-state index contributed by atoms with van der Waals surface area (Å²) in [5.41, 5.74) is 3.38. The zero-order chi connectivity index (χ0) is 14.5. The summed E-state index contributed by atoms with van der Waals surface area (Å²) in [6.45, 7) is 0. The number of fused-ring (bicyclic) bond motifs is 1. The highest BCUT2D eigenvalue weighted by atomic mass is 16.5. The van der Waals surface area contributed by atoms with Gasteiger partial charge < -0.3 is 10.1 Å². The summed E-state index contributed by atoms with van der Waals surface area (Å²) in [5, 5.41) is 2.99. The van der Waals surface area contributed by atoms with Gasteiger partial charge in [0.05, 0.1) is 13.2 Å². The van der Waals surface area contributed by atoms with Gasteiger partial charge in [-0.2, -0.15) is 0 Å². The molecule has 1 atom stereocenters. The predicted molar refractivity (Wildman–Crippen MR) is 76.9 cm³/mol. The van der Waals surface area contributed by atoms with Crippen molar-refractivity contribution >= 4 is 11.8 Å². The van der Waals surface area contributed by atoms with Crippen LogP contribution in [0.15, 0.2) is 18.2 Å². The van der Waals surface area contributed by atoms with Gasteiger partial charge in [-0.3, -0.25) is 9.59 Å². The average Bonchev–Trinajstić information content (AvgIpc) is 2.94. The molecule has 0 aromatic heterocycles. The molecule has 0 bridgehead atoms. The molecule has 4 heteroatoms. The molecule has 108 valence electrons.